The van der Waals surface area contributed by atoms with Crippen molar-refractivity contribution in [1.82, 2.24) is 14.4 Å². The zero-order chi connectivity index (χ0) is 19.9. The molecule has 30 heavy (non-hydrogen) atoms. The number of fused-ring (bicyclic) bond motifs is 2. The van der Waals surface area contributed by atoms with E-state index >= 15 is 0 Å². The minimum absolute atomic E-state index is 0.568. The lowest BCUT2D eigenvalue weighted by molar-refractivity contribution is 0.122. The molecule has 0 aliphatic carbocycles. The van der Waals surface area contributed by atoms with Gasteiger partial charge in [0.2, 0.25) is 0 Å². The zero-order valence-corrected chi connectivity index (χ0v) is 17.7. The highest BCUT2D eigenvalue weighted by Crippen LogP contribution is 2.35. The second-order valence-corrected chi connectivity index (χ2v) is 9.13. The van der Waals surface area contributed by atoms with Gasteiger partial charge in [0, 0.05) is 55.9 Å². The molecule has 0 amide bonds. The van der Waals surface area contributed by atoms with E-state index in [1.807, 2.05) is 0 Å². The molecule has 0 saturated carbocycles. The van der Waals surface area contributed by atoms with Crippen molar-refractivity contribution in [2.45, 2.75) is 18.8 Å². The van der Waals surface area contributed by atoms with Gasteiger partial charge in [0.25, 0.3) is 0 Å². The molecular formula is C23H25N5OS. The number of nitrogens with zero attached hydrogens (tertiary/aromatic N) is 5. The first-order valence-electron chi connectivity index (χ1n) is 10.8. The minimum atomic E-state index is 0.568. The molecule has 0 atom stereocenters. The zero-order valence-electron chi connectivity index (χ0n) is 16.9. The van der Waals surface area contributed by atoms with Crippen LogP contribution in [0.5, 0.6) is 0 Å². The van der Waals surface area contributed by atoms with Crippen LogP contribution in [-0.2, 0) is 4.74 Å². The molecule has 1 aromatic carbocycles. The van der Waals surface area contributed by atoms with Gasteiger partial charge in [0.1, 0.15) is 5.65 Å². The molecular weight excluding hydrogens is 394 g/mol. The summed E-state index contributed by atoms with van der Waals surface area (Å²) in [5, 5.41) is 1.12. The highest BCUT2D eigenvalue weighted by Gasteiger charge is 2.24. The van der Waals surface area contributed by atoms with Gasteiger partial charge in [0.15, 0.2) is 5.13 Å². The predicted octanol–water partition coefficient (Wildman–Crippen LogP) is 4.16. The maximum absolute atomic E-state index is 5.48. The number of piperidine rings is 1. The summed E-state index contributed by atoms with van der Waals surface area (Å²) in [4.78, 5) is 14.3. The van der Waals surface area contributed by atoms with Crippen molar-refractivity contribution < 1.29 is 4.74 Å². The second kappa shape index (κ2) is 7.56. The first-order valence-corrected chi connectivity index (χ1v) is 11.6. The fraction of sp³-hybridized carbons (Fsp3) is 0.391. The fourth-order valence-electron chi connectivity index (χ4n) is 4.68. The van der Waals surface area contributed by atoms with E-state index in [2.05, 4.69) is 68.0 Å². The molecule has 2 saturated heterocycles. The Labute approximate surface area is 179 Å². The topological polar surface area (TPSA) is 45.9 Å². The third-order valence-corrected chi connectivity index (χ3v) is 7.45. The lowest BCUT2D eigenvalue weighted by atomic mass is 9.93. The van der Waals surface area contributed by atoms with Gasteiger partial charge in [-0.3, -0.25) is 0 Å². The van der Waals surface area contributed by atoms with E-state index in [9.17, 15) is 0 Å². The Kier molecular flexibility index (Phi) is 4.57. The van der Waals surface area contributed by atoms with Crippen molar-refractivity contribution in [2.24, 2.45) is 0 Å². The molecule has 7 heteroatoms. The molecule has 5 heterocycles. The normalized spacial score (nSPS) is 18.5. The molecule has 4 aromatic rings. The number of pyridine rings is 1. The van der Waals surface area contributed by atoms with Gasteiger partial charge >= 0.3 is 0 Å². The molecule has 2 fully saturated rings. The molecule has 154 valence electrons. The van der Waals surface area contributed by atoms with Crippen molar-refractivity contribution in [1.29, 1.82) is 0 Å². The minimum Gasteiger partial charge on any atom is -0.378 e. The molecule has 2 aliphatic heterocycles. The maximum Gasteiger partial charge on any atom is 0.186 e. The van der Waals surface area contributed by atoms with Crippen LogP contribution in [0.25, 0.3) is 15.9 Å². The van der Waals surface area contributed by atoms with Crippen molar-refractivity contribution in [3.05, 3.63) is 54.5 Å². The number of morpholine rings is 1. The molecule has 6 nitrogen and oxygen atoms in total. The molecule has 6 rings (SSSR count). The Morgan fingerprint density at radius 2 is 1.83 bits per heavy atom. The van der Waals surface area contributed by atoms with Gasteiger partial charge in [-0.05, 0) is 43.2 Å². The lowest BCUT2D eigenvalue weighted by Gasteiger charge is -2.33. The summed E-state index contributed by atoms with van der Waals surface area (Å²) < 4.78 is 9.00. The summed E-state index contributed by atoms with van der Waals surface area (Å²) in [7, 11) is 0. The second-order valence-electron chi connectivity index (χ2n) is 8.12. The summed E-state index contributed by atoms with van der Waals surface area (Å²) in [6, 6.07) is 13.0. The largest absolute Gasteiger partial charge is 0.378 e. The molecule has 0 spiro atoms. The predicted molar refractivity (Wildman–Crippen MR) is 122 cm³/mol. The van der Waals surface area contributed by atoms with Gasteiger partial charge in [-0.15, -0.1) is 0 Å². The van der Waals surface area contributed by atoms with Crippen LogP contribution in [0.4, 0.5) is 10.8 Å². The number of ether oxygens (including phenoxy) is 1. The number of anilines is 2. The smallest absolute Gasteiger partial charge is 0.186 e. The van der Waals surface area contributed by atoms with Crippen LogP contribution in [0.3, 0.4) is 0 Å². The number of hydrogen-bond donors (Lipinski definition) is 0. The van der Waals surface area contributed by atoms with Gasteiger partial charge in [-0.1, -0.05) is 17.4 Å². The van der Waals surface area contributed by atoms with E-state index in [1.54, 1.807) is 11.3 Å². The average Bonchev–Trinajstić information content (AvgIpc) is 3.44. The van der Waals surface area contributed by atoms with Gasteiger partial charge in [0.05, 0.1) is 23.4 Å². The summed E-state index contributed by atoms with van der Waals surface area (Å²) >= 11 is 1.80. The molecule has 3 aromatic heterocycles. The van der Waals surface area contributed by atoms with Crippen LogP contribution in [0, 0.1) is 0 Å². The molecule has 0 unspecified atom stereocenters. The third-order valence-electron chi connectivity index (χ3n) is 6.37. The number of benzene rings is 1. The van der Waals surface area contributed by atoms with Crippen LogP contribution in [0.1, 0.15) is 24.5 Å². The van der Waals surface area contributed by atoms with Crippen LogP contribution >= 0.6 is 11.3 Å². The van der Waals surface area contributed by atoms with Crippen molar-refractivity contribution >= 4 is 38.0 Å². The van der Waals surface area contributed by atoms with Crippen LogP contribution < -0.4 is 9.80 Å². The standard InChI is InChI=1S/C23H25N5OS/c1-2-8-28-20(16-24-22(28)3-1)17-6-9-26(10-7-17)18-4-5-19-21(15-18)30-23(25-19)27-11-13-29-14-12-27/h1-5,8,15-17H,6-7,9-14H2. The maximum atomic E-state index is 5.48. The van der Waals surface area contributed by atoms with Crippen LogP contribution in [0.2, 0.25) is 0 Å². The van der Waals surface area contributed by atoms with E-state index in [1.165, 1.54) is 16.1 Å². The monoisotopic (exact) mass is 419 g/mol. The molecule has 0 radical (unpaired) electrons. The summed E-state index contributed by atoms with van der Waals surface area (Å²) in [6.07, 6.45) is 6.50. The van der Waals surface area contributed by atoms with Crippen molar-refractivity contribution in [2.75, 3.05) is 49.2 Å². The summed E-state index contributed by atoms with van der Waals surface area (Å²) in [6.45, 7) is 5.61. The number of thiazole rings is 1. The van der Waals surface area contributed by atoms with Crippen molar-refractivity contribution in [3.8, 4) is 0 Å². The Morgan fingerprint density at radius 3 is 2.70 bits per heavy atom. The van der Waals surface area contributed by atoms with Gasteiger partial charge in [-0.2, -0.15) is 0 Å². The first kappa shape index (κ1) is 18.2. The first-order chi connectivity index (χ1) is 14.8. The van der Waals surface area contributed by atoms with Crippen LogP contribution in [-0.4, -0.2) is 53.8 Å². The average molecular weight is 420 g/mol. The summed E-state index contributed by atoms with van der Waals surface area (Å²) in [5.41, 5.74) is 4.81. The van der Waals surface area contributed by atoms with E-state index in [0.717, 1.165) is 68.5 Å². The molecule has 2 aliphatic rings. The van der Waals surface area contributed by atoms with Crippen molar-refractivity contribution in [3.63, 3.8) is 0 Å². The Balaban J connectivity index is 1.19. The Bertz CT molecular complexity index is 1170. The summed E-state index contributed by atoms with van der Waals surface area (Å²) in [5.74, 6) is 0.568. The van der Waals surface area contributed by atoms with E-state index < -0.39 is 0 Å². The van der Waals surface area contributed by atoms with Gasteiger partial charge < -0.3 is 18.9 Å². The molecule has 0 N–H and O–H groups in total. The lowest BCUT2D eigenvalue weighted by Crippen LogP contribution is -2.36. The Hall–Kier alpha value is -2.64. The number of imidazole rings is 1. The SMILES string of the molecule is c1ccn2c(C3CCN(c4ccc5nc(N6CCOCC6)sc5c4)CC3)cnc2c1. The quantitative estimate of drug-likeness (QED) is 0.499. The van der Waals surface area contributed by atoms with E-state index in [4.69, 9.17) is 9.72 Å². The third kappa shape index (κ3) is 3.22. The van der Waals surface area contributed by atoms with Gasteiger partial charge in [-0.25, -0.2) is 9.97 Å². The van der Waals surface area contributed by atoms with E-state index in [-0.39, 0.29) is 0 Å². The number of rotatable bonds is 3. The highest BCUT2D eigenvalue weighted by molar-refractivity contribution is 7.22. The highest BCUT2D eigenvalue weighted by atomic mass is 32.1. The Morgan fingerprint density at radius 1 is 0.967 bits per heavy atom. The van der Waals surface area contributed by atoms with Crippen LogP contribution in [0.15, 0.2) is 48.8 Å². The number of hydrogen-bond acceptors (Lipinski definition) is 6. The fourth-order valence-corrected chi connectivity index (χ4v) is 5.73. The van der Waals surface area contributed by atoms with E-state index in [0.29, 0.717) is 5.92 Å². The molecule has 0 bridgehead atoms. The number of aromatic nitrogens is 3.